The largest absolute Gasteiger partial charge is 0.756 e. The predicted molar refractivity (Wildman–Crippen MR) is 371 cm³/mol. The molecule has 0 fully saturated rings. The van der Waals surface area contributed by atoms with E-state index in [9.17, 15) is 19.0 Å². The monoisotopic (exact) mass is 1220 g/mol. The summed E-state index contributed by atoms with van der Waals surface area (Å²) in [4.78, 5) is 40.2. The second kappa shape index (κ2) is 64.9. The zero-order valence-electron chi connectivity index (χ0n) is 57.0. The Balaban J connectivity index is 5.07. The highest BCUT2D eigenvalue weighted by Crippen LogP contribution is 2.38. The molecule has 0 aromatic heterocycles. The number of phosphoric ester groups is 1. The summed E-state index contributed by atoms with van der Waals surface area (Å²) in [5.74, 6) is -0.549. The fraction of sp³-hybridized carbons (Fsp3) is 0.763. The third-order valence-corrected chi connectivity index (χ3v) is 16.7. The Labute approximate surface area is 532 Å². The van der Waals surface area contributed by atoms with Crippen LogP contribution in [0.25, 0.3) is 0 Å². The molecule has 0 aromatic rings. The third kappa shape index (κ3) is 65.4. The van der Waals surface area contributed by atoms with E-state index in [-0.39, 0.29) is 24.9 Å². The van der Waals surface area contributed by atoms with E-state index < -0.39 is 26.6 Å². The molecule has 3 unspecified atom stereocenters. The van der Waals surface area contributed by atoms with Crippen molar-refractivity contribution in [2.45, 2.75) is 335 Å². The molecule has 0 spiro atoms. The van der Waals surface area contributed by atoms with Gasteiger partial charge in [0, 0.05) is 12.8 Å². The third-order valence-electron chi connectivity index (χ3n) is 15.7. The van der Waals surface area contributed by atoms with E-state index in [1.54, 1.807) is 0 Å². The van der Waals surface area contributed by atoms with E-state index in [1.165, 1.54) is 180 Å². The van der Waals surface area contributed by atoms with E-state index in [2.05, 4.69) is 111 Å². The van der Waals surface area contributed by atoms with Crippen molar-refractivity contribution in [3.05, 3.63) is 97.2 Å². The Morgan fingerprint density at radius 1 is 0.407 bits per heavy atom. The predicted octanol–water partition coefficient (Wildman–Crippen LogP) is 22.4. The van der Waals surface area contributed by atoms with Crippen molar-refractivity contribution in [3.63, 3.8) is 0 Å². The fourth-order valence-electron chi connectivity index (χ4n) is 10.2. The molecular formula is C76H137N2O7P. The summed E-state index contributed by atoms with van der Waals surface area (Å²) >= 11 is 0. The van der Waals surface area contributed by atoms with Crippen molar-refractivity contribution in [2.24, 2.45) is 0 Å². The smallest absolute Gasteiger partial charge is 0.306 e. The van der Waals surface area contributed by atoms with Gasteiger partial charge in [0.15, 0.2) is 0 Å². The van der Waals surface area contributed by atoms with E-state index in [0.717, 1.165) is 109 Å². The van der Waals surface area contributed by atoms with E-state index in [4.69, 9.17) is 13.8 Å². The molecule has 0 saturated heterocycles. The molecule has 0 aromatic carbocycles. The Bertz CT molecular complexity index is 1790. The van der Waals surface area contributed by atoms with Gasteiger partial charge in [-0.2, -0.15) is 0 Å². The summed E-state index contributed by atoms with van der Waals surface area (Å²) < 4.78 is 30.5. The zero-order chi connectivity index (χ0) is 62.8. The number of amides is 1. The minimum absolute atomic E-state index is 0.0278. The van der Waals surface area contributed by atoms with Gasteiger partial charge in [0.05, 0.1) is 33.8 Å². The maximum Gasteiger partial charge on any atom is 0.306 e. The lowest BCUT2D eigenvalue weighted by Crippen LogP contribution is -2.47. The highest BCUT2D eigenvalue weighted by molar-refractivity contribution is 7.45. The average molecular weight is 1220 g/mol. The van der Waals surface area contributed by atoms with Gasteiger partial charge in [-0.15, -0.1) is 0 Å². The number of quaternary nitrogens is 1. The number of phosphoric acid groups is 1. The van der Waals surface area contributed by atoms with Gasteiger partial charge < -0.3 is 28.5 Å². The van der Waals surface area contributed by atoms with E-state index in [0.29, 0.717) is 17.4 Å². The molecule has 0 aliphatic carbocycles. The number of rotatable bonds is 65. The van der Waals surface area contributed by atoms with Gasteiger partial charge in [0.25, 0.3) is 7.82 Å². The zero-order valence-corrected chi connectivity index (χ0v) is 57.9. The molecule has 0 rings (SSSR count). The van der Waals surface area contributed by atoms with Gasteiger partial charge in [0.1, 0.15) is 19.3 Å². The number of ether oxygens (including phenoxy) is 1. The van der Waals surface area contributed by atoms with Gasteiger partial charge in [-0.25, -0.2) is 0 Å². The van der Waals surface area contributed by atoms with Crippen molar-refractivity contribution in [2.75, 3.05) is 40.9 Å². The van der Waals surface area contributed by atoms with Crippen LogP contribution >= 0.6 is 7.82 Å². The van der Waals surface area contributed by atoms with Crippen LogP contribution in [0.1, 0.15) is 323 Å². The normalized spacial score (nSPS) is 14.1. The van der Waals surface area contributed by atoms with E-state index >= 15 is 0 Å². The van der Waals surface area contributed by atoms with Crippen LogP contribution in [0, 0.1) is 0 Å². The lowest BCUT2D eigenvalue weighted by Gasteiger charge is -2.30. The lowest BCUT2D eigenvalue weighted by molar-refractivity contribution is -0.870. The summed E-state index contributed by atoms with van der Waals surface area (Å²) in [7, 11) is 1.17. The number of hydrogen-bond donors (Lipinski definition) is 1. The molecule has 0 heterocycles. The molecule has 1 amide bonds. The number of nitrogens with zero attached hydrogens (tertiary/aromatic N) is 1. The van der Waals surface area contributed by atoms with Gasteiger partial charge in [-0.1, -0.05) is 292 Å². The Kier molecular flexibility index (Phi) is 62.6. The number of unbranched alkanes of at least 4 members (excludes halogenated alkanes) is 35. The molecule has 0 aliphatic rings. The Hall–Kier alpha value is -3.07. The molecule has 0 radical (unpaired) electrons. The first-order valence-electron chi connectivity index (χ1n) is 36.0. The van der Waals surface area contributed by atoms with Gasteiger partial charge in [0.2, 0.25) is 5.91 Å². The highest BCUT2D eigenvalue weighted by atomic mass is 31.2. The van der Waals surface area contributed by atoms with E-state index in [1.807, 2.05) is 33.3 Å². The van der Waals surface area contributed by atoms with Crippen LogP contribution in [-0.4, -0.2) is 69.4 Å². The summed E-state index contributed by atoms with van der Waals surface area (Å²) in [5, 5.41) is 3.04. The Morgan fingerprint density at radius 3 is 1.08 bits per heavy atom. The van der Waals surface area contributed by atoms with Crippen LogP contribution in [0.4, 0.5) is 0 Å². The van der Waals surface area contributed by atoms with Gasteiger partial charge >= 0.3 is 5.97 Å². The lowest BCUT2D eigenvalue weighted by atomic mass is 10.0. The van der Waals surface area contributed by atoms with Crippen LogP contribution in [0.15, 0.2) is 97.2 Å². The molecule has 3 atom stereocenters. The molecule has 9 nitrogen and oxygen atoms in total. The summed E-state index contributed by atoms with van der Waals surface area (Å²) in [6.45, 7) is 6.80. The van der Waals surface area contributed by atoms with Gasteiger partial charge in [-0.05, 0) is 115 Å². The van der Waals surface area contributed by atoms with Crippen LogP contribution in [0.3, 0.4) is 0 Å². The standard InChI is InChI=1S/C76H137N2O7P/c1-7-10-13-16-19-22-25-28-30-32-34-36-37-38-39-40-41-43-45-47-49-51-54-57-60-63-66-69-76(80)85-74(67-64-61-58-55-52-27-24-21-18-15-12-9-3)73(72-84-86(81,82)83-71-70-78(4,5)6)77-75(79)68-65-62-59-56-53-50-48-46-44-42-35-33-31-29-26-23-20-17-14-11-8-2/h19-20,22-23,28-31,34-36,38-39,42,64,67,73-74H,7-18,21,24-27,32-33,37,40-41,43-63,65-66,68-72H2,1-6H3,(H-,77,79,81,82)/b22-19-,23-20-,30-28-,31-29-,36-34-,39-38-,42-35-,67-64-. The fourth-order valence-corrected chi connectivity index (χ4v) is 10.9. The van der Waals surface area contributed by atoms with Crippen molar-refractivity contribution < 1.29 is 37.3 Å². The van der Waals surface area contributed by atoms with Crippen molar-refractivity contribution in [1.82, 2.24) is 5.32 Å². The van der Waals surface area contributed by atoms with Crippen LogP contribution in [0.5, 0.6) is 0 Å². The van der Waals surface area contributed by atoms with Gasteiger partial charge in [-0.3, -0.25) is 14.2 Å². The minimum Gasteiger partial charge on any atom is -0.756 e. The summed E-state index contributed by atoms with van der Waals surface area (Å²) in [5.41, 5.74) is 0. The molecule has 1 N–H and O–H groups in total. The number of allylic oxidation sites excluding steroid dienone is 15. The molecule has 86 heavy (non-hydrogen) atoms. The highest BCUT2D eigenvalue weighted by Gasteiger charge is 2.27. The molecule has 0 aliphatic heterocycles. The molecule has 498 valence electrons. The topological polar surface area (TPSA) is 114 Å². The number of hydrogen-bond acceptors (Lipinski definition) is 7. The van der Waals surface area contributed by atoms with Crippen LogP contribution in [-0.2, 0) is 27.9 Å². The minimum atomic E-state index is -4.71. The number of carbonyl (C=O) groups excluding carboxylic acids is 2. The molecule has 0 saturated carbocycles. The summed E-state index contributed by atoms with van der Waals surface area (Å²) in [6.07, 6.45) is 88.1. The van der Waals surface area contributed by atoms with Crippen molar-refractivity contribution in [3.8, 4) is 0 Å². The number of carbonyl (C=O) groups is 2. The molecular weight excluding hydrogens is 1080 g/mol. The first kappa shape index (κ1) is 82.9. The maximum absolute atomic E-state index is 13.6. The second-order valence-electron chi connectivity index (χ2n) is 25.4. The van der Waals surface area contributed by atoms with Crippen molar-refractivity contribution >= 4 is 19.7 Å². The van der Waals surface area contributed by atoms with Crippen LogP contribution < -0.4 is 10.2 Å². The summed E-state index contributed by atoms with van der Waals surface area (Å²) in [6, 6.07) is -0.900. The quantitative estimate of drug-likeness (QED) is 0.0212. The first-order chi connectivity index (χ1) is 41.9. The molecule has 0 bridgehead atoms. The van der Waals surface area contributed by atoms with Crippen LogP contribution in [0.2, 0.25) is 0 Å². The molecule has 10 heteroatoms. The second-order valence-corrected chi connectivity index (χ2v) is 26.8. The first-order valence-corrected chi connectivity index (χ1v) is 37.5. The number of likely N-dealkylation sites (N-methyl/N-ethyl adjacent to an activating group) is 1. The average Bonchev–Trinajstić information content (AvgIpc) is 3.65. The Morgan fingerprint density at radius 2 is 0.709 bits per heavy atom. The van der Waals surface area contributed by atoms with Crippen molar-refractivity contribution in [1.29, 1.82) is 0 Å². The number of esters is 1. The maximum atomic E-state index is 13.6. The number of nitrogens with one attached hydrogen (secondary N) is 1. The SMILES string of the molecule is CCCCC/C=C\C/C=C\C/C=C\C/C=C\CCCCCCCCCCCCCC(=O)OC(/C=C\CCCCCCCCCCCC)C(COP(=O)([O-])OCC[N+](C)(C)C)NC(=O)CCCCCCCCCC/C=C\C/C=C\C/C=C\CCCCC.